The van der Waals surface area contributed by atoms with Crippen LogP contribution in [0, 0.1) is 5.92 Å². The van der Waals surface area contributed by atoms with E-state index in [-0.39, 0.29) is 0 Å². The van der Waals surface area contributed by atoms with Crippen molar-refractivity contribution in [1.82, 2.24) is 0 Å². The fourth-order valence-corrected chi connectivity index (χ4v) is 2.06. The van der Waals surface area contributed by atoms with Crippen molar-refractivity contribution in [3.05, 3.63) is 35.9 Å². The topological polar surface area (TPSA) is 26.0 Å². The van der Waals surface area contributed by atoms with E-state index in [1.54, 1.807) is 0 Å². The molecule has 1 aliphatic rings. The SMILES string of the molecule is C[C@H]1C=C(c2ccc(N)cc2)CCC1. The Bertz CT molecular complexity index is 335. The summed E-state index contributed by atoms with van der Waals surface area (Å²) in [6, 6.07) is 8.21. The summed E-state index contributed by atoms with van der Waals surface area (Å²) in [7, 11) is 0. The molecule has 14 heavy (non-hydrogen) atoms. The summed E-state index contributed by atoms with van der Waals surface area (Å²) in [5, 5.41) is 0. The number of hydrogen-bond acceptors (Lipinski definition) is 1. The van der Waals surface area contributed by atoms with Crippen molar-refractivity contribution in [2.75, 3.05) is 5.73 Å². The van der Waals surface area contributed by atoms with E-state index >= 15 is 0 Å². The van der Waals surface area contributed by atoms with Crippen molar-refractivity contribution < 1.29 is 0 Å². The fourth-order valence-electron chi connectivity index (χ4n) is 2.06. The zero-order valence-electron chi connectivity index (χ0n) is 8.66. The maximum absolute atomic E-state index is 5.66. The van der Waals surface area contributed by atoms with Crippen LogP contribution in [-0.4, -0.2) is 0 Å². The summed E-state index contributed by atoms with van der Waals surface area (Å²) in [4.78, 5) is 0. The molecule has 2 rings (SSSR count). The van der Waals surface area contributed by atoms with Crippen molar-refractivity contribution in [3.8, 4) is 0 Å². The second kappa shape index (κ2) is 3.87. The third kappa shape index (κ3) is 1.98. The summed E-state index contributed by atoms with van der Waals surface area (Å²) in [6.07, 6.45) is 6.26. The van der Waals surface area contributed by atoms with Gasteiger partial charge < -0.3 is 5.73 Å². The van der Waals surface area contributed by atoms with E-state index in [4.69, 9.17) is 5.73 Å². The summed E-state index contributed by atoms with van der Waals surface area (Å²) in [5.41, 5.74) is 9.34. The van der Waals surface area contributed by atoms with Crippen LogP contribution in [-0.2, 0) is 0 Å². The van der Waals surface area contributed by atoms with Crippen molar-refractivity contribution in [2.24, 2.45) is 5.92 Å². The molecule has 1 aromatic rings. The summed E-state index contributed by atoms with van der Waals surface area (Å²) in [5.74, 6) is 0.733. The first-order chi connectivity index (χ1) is 6.75. The first-order valence-corrected chi connectivity index (χ1v) is 5.32. The van der Waals surface area contributed by atoms with Crippen LogP contribution in [0.25, 0.3) is 5.57 Å². The Morgan fingerprint density at radius 3 is 2.57 bits per heavy atom. The number of nitrogens with two attached hydrogens (primary N) is 1. The molecule has 74 valence electrons. The molecular formula is C13H17N. The van der Waals surface area contributed by atoms with Gasteiger partial charge in [0.05, 0.1) is 0 Å². The van der Waals surface area contributed by atoms with Crippen LogP contribution < -0.4 is 5.73 Å². The molecule has 1 atom stereocenters. The third-order valence-corrected chi connectivity index (χ3v) is 2.87. The predicted octanol–water partition coefficient (Wildman–Crippen LogP) is 3.47. The van der Waals surface area contributed by atoms with E-state index in [0.717, 1.165) is 11.6 Å². The first kappa shape index (κ1) is 9.32. The number of anilines is 1. The highest BCUT2D eigenvalue weighted by molar-refractivity contribution is 5.67. The van der Waals surface area contributed by atoms with Crippen LogP contribution in [0.2, 0.25) is 0 Å². The first-order valence-electron chi connectivity index (χ1n) is 5.32. The van der Waals surface area contributed by atoms with Gasteiger partial charge >= 0.3 is 0 Å². The molecule has 0 radical (unpaired) electrons. The molecule has 0 aliphatic heterocycles. The molecule has 2 N–H and O–H groups in total. The lowest BCUT2D eigenvalue weighted by Gasteiger charge is -2.17. The molecule has 0 amide bonds. The quantitative estimate of drug-likeness (QED) is 0.669. The minimum atomic E-state index is 0.733. The van der Waals surface area contributed by atoms with Crippen molar-refractivity contribution in [3.63, 3.8) is 0 Å². The van der Waals surface area contributed by atoms with Gasteiger partial charge in [0, 0.05) is 5.69 Å². The van der Waals surface area contributed by atoms with Crippen LogP contribution in [0.3, 0.4) is 0 Å². The van der Waals surface area contributed by atoms with Gasteiger partial charge in [-0.25, -0.2) is 0 Å². The van der Waals surface area contributed by atoms with Gasteiger partial charge in [-0.3, -0.25) is 0 Å². The molecule has 0 unspecified atom stereocenters. The Balaban J connectivity index is 2.26. The summed E-state index contributed by atoms with van der Waals surface area (Å²) >= 11 is 0. The van der Waals surface area contributed by atoms with Gasteiger partial charge in [0.2, 0.25) is 0 Å². The summed E-state index contributed by atoms with van der Waals surface area (Å²) in [6.45, 7) is 2.29. The van der Waals surface area contributed by atoms with Crippen molar-refractivity contribution >= 4 is 11.3 Å². The number of allylic oxidation sites excluding steroid dienone is 2. The molecule has 0 spiro atoms. The Morgan fingerprint density at radius 2 is 1.93 bits per heavy atom. The average Bonchev–Trinajstić information content (AvgIpc) is 2.19. The lowest BCUT2D eigenvalue weighted by Crippen LogP contribution is -2.00. The van der Waals surface area contributed by atoms with Crippen molar-refractivity contribution in [2.45, 2.75) is 26.2 Å². The fraction of sp³-hybridized carbons (Fsp3) is 0.385. The maximum atomic E-state index is 5.66. The van der Waals surface area contributed by atoms with Gasteiger partial charge in [0.1, 0.15) is 0 Å². The van der Waals surface area contributed by atoms with Gasteiger partial charge in [0.15, 0.2) is 0 Å². The number of benzene rings is 1. The van der Waals surface area contributed by atoms with Gasteiger partial charge in [-0.1, -0.05) is 25.1 Å². The minimum absolute atomic E-state index is 0.733. The van der Waals surface area contributed by atoms with E-state index in [9.17, 15) is 0 Å². The monoisotopic (exact) mass is 187 g/mol. The van der Waals surface area contributed by atoms with Gasteiger partial charge in [-0.2, -0.15) is 0 Å². The number of hydrogen-bond donors (Lipinski definition) is 1. The zero-order valence-corrected chi connectivity index (χ0v) is 8.66. The Morgan fingerprint density at radius 1 is 1.21 bits per heavy atom. The van der Waals surface area contributed by atoms with Crippen LogP contribution in [0.4, 0.5) is 5.69 Å². The van der Waals surface area contributed by atoms with Crippen LogP contribution in [0.5, 0.6) is 0 Å². The molecule has 0 heterocycles. The Hall–Kier alpha value is -1.24. The number of rotatable bonds is 1. The molecule has 0 fully saturated rings. The molecule has 1 heteroatoms. The molecule has 1 nitrogen and oxygen atoms in total. The van der Waals surface area contributed by atoms with Crippen LogP contribution in [0.15, 0.2) is 30.3 Å². The van der Waals surface area contributed by atoms with Gasteiger partial charge in [-0.15, -0.1) is 0 Å². The summed E-state index contributed by atoms with van der Waals surface area (Å²) < 4.78 is 0. The second-order valence-electron chi connectivity index (χ2n) is 4.18. The van der Waals surface area contributed by atoms with E-state index < -0.39 is 0 Å². The minimum Gasteiger partial charge on any atom is -0.399 e. The molecule has 0 saturated heterocycles. The van der Waals surface area contributed by atoms with E-state index in [1.807, 2.05) is 12.1 Å². The lowest BCUT2D eigenvalue weighted by atomic mass is 9.88. The van der Waals surface area contributed by atoms with Crippen LogP contribution in [0.1, 0.15) is 31.7 Å². The Kier molecular flexibility index (Phi) is 2.58. The normalized spacial score (nSPS) is 21.8. The largest absolute Gasteiger partial charge is 0.399 e. The molecular weight excluding hydrogens is 170 g/mol. The molecule has 0 aromatic heterocycles. The third-order valence-electron chi connectivity index (χ3n) is 2.87. The second-order valence-corrected chi connectivity index (χ2v) is 4.18. The predicted molar refractivity (Wildman–Crippen MR) is 61.8 cm³/mol. The molecule has 1 aromatic carbocycles. The van der Waals surface area contributed by atoms with Gasteiger partial charge in [0.25, 0.3) is 0 Å². The molecule has 1 aliphatic carbocycles. The highest BCUT2D eigenvalue weighted by Gasteiger charge is 2.10. The van der Waals surface area contributed by atoms with Crippen LogP contribution >= 0.6 is 0 Å². The molecule has 0 saturated carbocycles. The number of nitrogen functional groups attached to an aromatic ring is 1. The van der Waals surface area contributed by atoms with E-state index in [0.29, 0.717) is 0 Å². The standard InChI is InChI=1S/C13H17N/c1-10-3-2-4-12(9-10)11-5-7-13(14)8-6-11/h5-10H,2-4,14H2,1H3/t10-/m1/s1. The zero-order chi connectivity index (χ0) is 9.97. The van der Waals surface area contributed by atoms with E-state index in [1.165, 1.54) is 30.4 Å². The van der Waals surface area contributed by atoms with Crippen molar-refractivity contribution in [1.29, 1.82) is 0 Å². The smallest absolute Gasteiger partial charge is 0.0314 e. The highest BCUT2D eigenvalue weighted by Crippen LogP contribution is 2.29. The Labute approximate surface area is 85.6 Å². The molecule has 0 bridgehead atoms. The average molecular weight is 187 g/mol. The van der Waals surface area contributed by atoms with Gasteiger partial charge in [-0.05, 0) is 48.4 Å². The highest BCUT2D eigenvalue weighted by atomic mass is 14.5. The lowest BCUT2D eigenvalue weighted by molar-refractivity contribution is 0.593. The maximum Gasteiger partial charge on any atom is 0.0314 e. The van der Waals surface area contributed by atoms with E-state index in [2.05, 4.69) is 25.1 Å².